The second-order valence-corrected chi connectivity index (χ2v) is 7.41. The summed E-state index contributed by atoms with van der Waals surface area (Å²) in [6.07, 6.45) is 2.06. The number of benzene rings is 3. The van der Waals surface area contributed by atoms with Gasteiger partial charge in [0.25, 0.3) is 5.91 Å². The highest BCUT2D eigenvalue weighted by Gasteiger charge is 2.19. The molecule has 1 atom stereocenters. The summed E-state index contributed by atoms with van der Waals surface area (Å²) >= 11 is 0. The van der Waals surface area contributed by atoms with E-state index in [2.05, 4.69) is 40.8 Å². The lowest BCUT2D eigenvalue weighted by Gasteiger charge is -2.19. The van der Waals surface area contributed by atoms with Crippen LogP contribution in [0.15, 0.2) is 85.1 Å². The summed E-state index contributed by atoms with van der Waals surface area (Å²) in [6.45, 7) is 0.525. The van der Waals surface area contributed by atoms with Gasteiger partial charge in [0.05, 0.1) is 0 Å². The Kier molecular flexibility index (Phi) is 5.34. The van der Waals surface area contributed by atoms with Gasteiger partial charge < -0.3 is 15.2 Å². The molecule has 0 bridgehead atoms. The summed E-state index contributed by atoms with van der Waals surface area (Å²) in [5.74, 6) is 0.00260. The zero-order valence-corrected chi connectivity index (χ0v) is 16.7. The maximum atomic E-state index is 12.9. The van der Waals surface area contributed by atoms with Crippen LogP contribution in [0.25, 0.3) is 10.9 Å². The van der Waals surface area contributed by atoms with Crippen LogP contribution in [-0.4, -0.2) is 31.5 Å². The van der Waals surface area contributed by atoms with E-state index in [1.165, 1.54) is 16.5 Å². The summed E-state index contributed by atoms with van der Waals surface area (Å²) in [5, 5.41) is 4.33. The van der Waals surface area contributed by atoms with Crippen LogP contribution in [0.1, 0.15) is 27.4 Å². The number of carbonyl (C=O) groups excluding carboxylic acids is 1. The number of hydrogen-bond acceptors (Lipinski definition) is 2. The standard InChI is InChI=1S/C25H25N3O/c1-28(2)20-12-8-11-19(15-20)25(29)27-16-22(18-9-4-3-5-10-18)23-17-26-24-14-7-6-13-21(23)24/h3-15,17,22,26H,16H2,1-2H3,(H,27,29). The van der Waals surface area contributed by atoms with Gasteiger partial charge in [-0.1, -0.05) is 54.6 Å². The van der Waals surface area contributed by atoms with Crippen molar-refractivity contribution in [3.8, 4) is 0 Å². The van der Waals surface area contributed by atoms with Crippen molar-refractivity contribution in [2.45, 2.75) is 5.92 Å². The van der Waals surface area contributed by atoms with Gasteiger partial charge in [-0.2, -0.15) is 0 Å². The van der Waals surface area contributed by atoms with Crippen molar-refractivity contribution in [1.82, 2.24) is 10.3 Å². The SMILES string of the molecule is CN(C)c1cccc(C(=O)NCC(c2ccccc2)c2c[nH]c3ccccc23)c1. The Bertz CT molecular complexity index is 1120. The fourth-order valence-electron chi connectivity index (χ4n) is 3.70. The maximum absolute atomic E-state index is 12.9. The molecule has 1 unspecified atom stereocenters. The van der Waals surface area contributed by atoms with E-state index in [4.69, 9.17) is 0 Å². The Morgan fingerprint density at radius 3 is 2.52 bits per heavy atom. The molecule has 4 aromatic rings. The topological polar surface area (TPSA) is 48.1 Å². The van der Waals surface area contributed by atoms with Crippen LogP contribution in [0.3, 0.4) is 0 Å². The highest BCUT2D eigenvalue weighted by atomic mass is 16.1. The van der Waals surface area contributed by atoms with E-state index in [1.807, 2.05) is 73.6 Å². The van der Waals surface area contributed by atoms with Crippen molar-refractivity contribution >= 4 is 22.5 Å². The lowest BCUT2D eigenvalue weighted by molar-refractivity contribution is 0.0952. The first-order valence-electron chi connectivity index (χ1n) is 9.80. The summed E-state index contributed by atoms with van der Waals surface area (Å²) in [4.78, 5) is 18.2. The maximum Gasteiger partial charge on any atom is 0.251 e. The second-order valence-electron chi connectivity index (χ2n) is 7.41. The summed E-state index contributed by atoms with van der Waals surface area (Å²) < 4.78 is 0. The monoisotopic (exact) mass is 383 g/mol. The fourth-order valence-corrected chi connectivity index (χ4v) is 3.70. The molecular formula is C25H25N3O. The van der Waals surface area contributed by atoms with E-state index in [9.17, 15) is 4.79 Å². The number of para-hydroxylation sites is 1. The highest BCUT2D eigenvalue weighted by molar-refractivity contribution is 5.95. The third-order valence-electron chi connectivity index (χ3n) is 5.29. The molecule has 4 rings (SSSR count). The number of nitrogens with one attached hydrogen (secondary N) is 2. The smallest absolute Gasteiger partial charge is 0.251 e. The first-order valence-corrected chi connectivity index (χ1v) is 9.80. The molecular weight excluding hydrogens is 358 g/mol. The molecule has 1 aromatic heterocycles. The summed E-state index contributed by atoms with van der Waals surface area (Å²) in [5.41, 5.74) is 5.15. The van der Waals surface area contributed by atoms with Crippen LogP contribution in [0.2, 0.25) is 0 Å². The zero-order valence-electron chi connectivity index (χ0n) is 16.7. The minimum Gasteiger partial charge on any atom is -0.378 e. The number of anilines is 1. The number of hydrogen-bond donors (Lipinski definition) is 2. The second kappa shape index (κ2) is 8.23. The lowest BCUT2D eigenvalue weighted by Crippen LogP contribution is -2.29. The fraction of sp³-hybridized carbons (Fsp3) is 0.160. The van der Waals surface area contributed by atoms with E-state index in [1.54, 1.807) is 0 Å². The molecule has 0 aliphatic rings. The number of fused-ring (bicyclic) bond motifs is 1. The van der Waals surface area contributed by atoms with Crippen LogP contribution < -0.4 is 10.2 Å². The van der Waals surface area contributed by atoms with Crippen molar-refractivity contribution in [3.05, 3.63) is 102 Å². The van der Waals surface area contributed by atoms with E-state index in [0.29, 0.717) is 12.1 Å². The van der Waals surface area contributed by atoms with Crippen molar-refractivity contribution in [1.29, 1.82) is 0 Å². The normalized spacial score (nSPS) is 11.9. The van der Waals surface area contributed by atoms with Crippen LogP contribution in [-0.2, 0) is 0 Å². The average Bonchev–Trinajstić information content (AvgIpc) is 3.18. The number of H-pyrrole nitrogens is 1. The number of amides is 1. The minimum absolute atomic E-state index is 0.0607. The van der Waals surface area contributed by atoms with E-state index in [0.717, 1.165) is 11.2 Å². The number of rotatable bonds is 6. The van der Waals surface area contributed by atoms with Crippen molar-refractivity contribution < 1.29 is 4.79 Å². The molecule has 0 aliphatic heterocycles. The Balaban J connectivity index is 1.61. The summed E-state index contributed by atoms with van der Waals surface area (Å²) in [6, 6.07) is 26.3. The van der Waals surface area contributed by atoms with Crippen molar-refractivity contribution in [2.24, 2.45) is 0 Å². The van der Waals surface area contributed by atoms with Gasteiger partial charge in [0.2, 0.25) is 0 Å². The number of carbonyl (C=O) groups is 1. The van der Waals surface area contributed by atoms with Gasteiger partial charge in [-0.3, -0.25) is 4.79 Å². The number of aromatic amines is 1. The van der Waals surface area contributed by atoms with Crippen molar-refractivity contribution in [3.63, 3.8) is 0 Å². The first-order chi connectivity index (χ1) is 14.1. The van der Waals surface area contributed by atoms with Crippen LogP contribution in [0, 0.1) is 0 Å². The van der Waals surface area contributed by atoms with Gasteiger partial charge in [-0.15, -0.1) is 0 Å². The van der Waals surface area contributed by atoms with E-state index >= 15 is 0 Å². The van der Waals surface area contributed by atoms with Gasteiger partial charge >= 0.3 is 0 Å². The third kappa shape index (κ3) is 4.02. The predicted molar refractivity (Wildman–Crippen MR) is 120 cm³/mol. The molecule has 0 aliphatic carbocycles. The van der Waals surface area contributed by atoms with E-state index < -0.39 is 0 Å². The van der Waals surface area contributed by atoms with Gasteiger partial charge in [-0.05, 0) is 35.4 Å². The largest absolute Gasteiger partial charge is 0.378 e. The third-order valence-corrected chi connectivity index (χ3v) is 5.29. The van der Waals surface area contributed by atoms with Gasteiger partial charge in [0, 0.05) is 54.9 Å². The summed E-state index contributed by atoms with van der Waals surface area (Å²) in [7, 11) is 3.94. The molecule has 4 nitrogen and oxygen atoms in total. The van der Waals surface area contributed by atoms with E-state index in [-0.39, 0.29) is 11.8 Å². The Hall–Kier alpha value is -3.53. The molecule has 0 saturated heterocycles. The van der Waals surface area contributed by atoms with Crippen molar-refractivity contribution in [2.75, 3.05) is 25.5 Å². The molecule has 0 radical (unpaired) electrons. The predicted octanol–water partition coefficient (Wildman–Crippen LogP) is 4.80. The van der Waals surface area contributed by atoms with Gasteiger partial charge in [0.1, 0.15) is 0 Å². The Labute approximate surface area is 171 Å². The van der Waals surface area contributed by atoms with Crippen LogP contribution in [0.4, 0.5) is 5.69 Å². The number of nitrogens with zero attached hydrogens (tertiary/aromatic N) is 1. The average molecular weight is 383 g/mol. The molecule has 1 heterocycles. The molecule has 3 aromatic carbocycles. The molecule has 4 heteroatoms. The molecule has 0 fully saturated rings. The Morgan fingerprint density at radius 1 is 0.966 bits per heavy atom. The molecule has 2 N–H and O–H groups in total. The molecule has 146 valence electrons. The molecule has 29 heavy (non-hydrogen) atoms. The molecule has 0 spiro atoms. The van der Waals surface area contributed by atoms with Crippen LogP contribution >= 0.6 is 0 Å². The molecule has 0 saturated carbocycles. The molecule has 1 amide bonds. The minimum atomic E-state index is -0.0607. The zero-order chi connectivity index (χ0) is 20.2. The first kappa shape index (κ1) is 18.8. The van der Waals surface area contributed by atoms with Crippen LogP contribution in [0.5, 0.6) is 0 Å². The van der Waals surface area contributed by atoms with Gasteiger partial charge in [-0.25, -0.2) is 0 Å². The highest BCUT2D eigenvalue weighted by Crippen LogP contribution is 2.30. The lowest BCUT2D eigenvalue weighted by atomic mass is 9.91. The number of aromatic nitrogens is 1. The van der Waals surface area contributed by atoms with Gasteiger partial charge in [0.15, 0.2) is 0 Å². The Morgan fingerprint density at radius 2 is 1.72 bits per heavy atom. The quantitative estimate of drug-likeness (QED) is 0.503.